The molecule has 0 fully saturated rings. The standard InChI is InChI=1S/C14H17FN2O3S/c1-3-10(7-20-2)17-12-6-9(15)4-5-11(12)16-14(17)21-8-13(18)19/h4-6,10H,3,7-8H2,1-2H3,(H,18,19). The number of carbonyl (C=O) groups is 1. The number of benzene rings is 1. The zero-order chi connectivity index (χ0) is 15.4. The average Bonchev–Trinajstić information content (AvgIpc) is 2.80. The normalized spacial score (nSPS) is 12.7. The number of hydrogen-bond donors (Lipinski definition) is 1. The van der Waals surface area contributed by atoms with Gasteiger partial charge in [-0.25, -0.2) is 9.37 Å². The average molecular weight is 312 g/mol. The lowest BCUT2D eigenvalue weighted by molar-refractivity contribution is -0.133. The Morgan fingerprint density at radius 2 is 2.33 bits per heavy atom. The fourth-order valence-electron chi connectivity index (χ4n) is 2.19. The first kappa shape index (κ1) is 15.8. The van der Waals surface area contributed by atoms with Crippen molar-refractivity contribution in [3.8, 4) is 0 Å². The van der Waals surface area contributed by atoms with Crippen molar-refractivity contribution in [1.29, 1.82) is 0 Å². The van der Waals surface area contributed by atoms with Gasteiger partial charge in [-0.1, -0.05) is 18.7 Å². The third kappa shape index (κ3) is 3.54. The van der Waals surface area contributed by atoms with Crippen LogP contribution in [0.2, 0.25) is 0 Å². The number of hydrogen-bond acceptors (Lipinski definition) is 4. The highest BCUT2D eigenvalue weighted by molar-refractivity contribution is 7.99. The molecule has 1 heterocycles. The lowest BCUT2D eigenvalue weighted by Gasteiger charge is -2.19. The van der Waals surface area contributed by atoms with E-state index in [1.165, 1.54) is 12.1 Å². The van der Waals surface area contributed by atoms with E-state index < -0.39 is 5.97 Å². The van der Waals surface area contributed by atoms with Gasteiger partial charge in [-0.3, -0.25) is 4.79 Å². The molecule has 1 atom stereocenters. The predicted octanol–water partition coefficient (Wildman–Crippen LogP) is 2.95. The number of carboxylic acid groups (broad SMARTS) is 1. The molecule has 5 nitrogen and oxygen atoms in total. The molecular formula is C14H17FN2O3S. The molecule has 1 aromatic heterocycles. The second-order valence-electron chi connectivity index (χ2n) is 4.60. The maximum atomic E-state index is 13.5. The molecule has 1 N–H and O–H groups in total. The molecule has 0 amide bonds. The molecule has 2 rings (SSSR count). The summed E-state index contributed by atoms with van der Waals surface area (Å²) in [5.41, 5.74) is 1.31. The van der Waals surface area contributed by atoms with Gasteiger partial charge < -0.3 is 14.4 Å². The van der Waals surface area contributed by atoms with Crippen molar-refractivity contribution in [2.75, 3.05) is 19.5 Å². The zero-order valence-electron chi connectivity index (χ0n) is 11.9. The Morgan fingerprint density at radius 1 is 1.57 bits per heavy atom. The van der Waals surface area contributed by atoms with Crippen molar-refractivity contribution in [2.24, 2.45) is 0 Å². The Morgan fingerprint density at radius 3 is 2.95 bits per heavy atom. The lowest BCUT2D eigenvalue weighted by atomic mass is 10.2. The van der Waals surface area contributed by atoms with Gasteiger partial charge in [-0.05, 0) is 24.6 Å². The largest absolute Gasteiger partial charge is 0.481 e. The molecule has 7 heteroatoms. The summed E-state index contributed by atoms with van der Waals surface area (Å²) in [6.45, 7) is 2.46. The molecule has 21 heavy (non-hydrogen) atoms. The number of imidazole rings is 1. The van der Waals surface area contributed by atoms with E-state index >= 15 is 0 Å². The van der Waals surface area contributed by atoms with Gasteiger partial charge in [0, 0.05) is 7.11 Å². The fourth-order valence-corrected chi connectivity index (χ4v) is 2.99. The van der Waals surface area contributed by atoms with E-state index in [2.05, 4.69) is 4.98 Å². The first-order valence-electron chi connectivity index (χ1n) is 6.57. The molecule has 0 saturated heterocycles. The van der Waals surface area contributed by atoms with E-state index in [9.17, 15) is 9.18 Å². The van der Waals surface area contributed by atoms with E-state index in [0.29, 0.717) is 22.8 Å². The molecule has 114 valence electrons. The third-order valence-corrected chi connectivity index (χ3v) is 4.08. The van der Waals surface area contributed by atoms with Crippen molar-refractivity contribution >= 4 is 28.8 Å². The number of ether oxygens (including phenoxy) is 1. The Bertz CT molecular complexity index is 644. The smallest absolute Gasteiger partial charge is 0.313 e. The van der Waals surface area contributed by atoms with Crippen LogP contribution in [0.5, 0.6) is 0 Å². The maximum absolute atomic E-state index is 13.5. The number of fused-ring (bicyclic) bond motifs is 1. The number of carboxylic acids is 1. The summed E-state index contributed by atoms with van der Waals surface area (Å²) in [5.74, 6) is -1.34. The molecule has 2 aromatic rings. The highest BCUT2D eigenvalue weighted by Crippen LogP contribution is 2.29. The van der Waals surface area contributed by atoms with Gasteiger partial charge in [0.2, 0.25) is 0 Å². The second kappa shape index (κ2) is 6.91. The van der Waals surface area contributed by atoms with Crippen LogP contribution < -0.4 is 0 Å². The van der Waals surface area contributed by atoms with Crippen LogP contribution in [0.25, 0.3) is 11.0 Å². The topological polar surface area (TPSA) is 64.3 Å². The van der Waals surface area contributed by atoms with E-state index in [4.69, 9.17) is 9.84 Å². The highest BCUT2D eigenvalue weighted by atomic mass is 32.2. The van der Waals surface area contributed by atoms with Crippen LogP contribution in [-0.4, -0.2) is 40.1 Å². The minimum Gasteiger partial charge on any atom is -0.481 e. The number of halogens is 1. The number of aromatic nitrogens is 2. The van der Waals surface area contributed by atoms with Gasteiger partial charge in [-0.2, -0.15) is 0 Å². The summed E-state index contributed by atoms with van der Waals surface area (Å²) in [5, 5.41) is 9.41. The first-order valence-corrected chi connectivity index (χ1v) is 7.56. The fraction of sp³-hybridized carbons (Fsp3) is 0.429. The van der Waals surface area contributed by atoms with Gasteiger partial charge in [0.15, 0.2) is 5.16 Å². The van der Waals surface area contributed by atoms with Crippen LogP contribution in [0, 0.1) is 5.82 Å². The van der Waals surface area contributed by atoms with Crippen LogP contribution in [0.15, 0.2) is 23.4 Å². The Hall–Kier alpha value is -1.60. The monoisotopic (exact) mass is 312 g/mol. The summed E-state index contributed by atoms with van der Waals surface area (Å²) in [6, 6.07) is 4.36. The van der Waals surface area contributed by atoms with Gasteiger partial charge in [0.05, 0.1) is 29.4 Å². The van der Waals surface area contributed by atoms with E-state index in [1.807, 2.05) is 11.5 Å². The van der Waals surface area contributed by atoms with E-state index in [1.54, 1.807) is 13.2 Å². The van der Waals surface area contributed by atoms with Crippen LogP contribution in [0.4, 0.5) is 4.39 Å². The van der Waals surface area contributed by atoms with Crippen molar-refractivity contribution in [1.82, 2.24) is 9.55 Å². The number of aliphatic carboxylic acids is 1. The molecule has 0 aliphatic heterocycles. The quantitative estimate of drug-likeness (QED) is 0.796. The van der Waals surface area contributed by atoms with Gasteiger partial charge in [0.1, 0.15) is 5.82 Å². The summed E-state index contributed by atoms with van der Waals surface area (Å²) in [6.07, 6.45) is 0.774. The first-order chi connectivity index (χ1) is 10.1. The summed E-state index contributed by atoms with van der Waals surface area (Å²) < 4.78 is 20.6. The molecule has 0 saturated carbocycles. The number of rotatable bonds is 7. The summed E-state index contributed by atoms with van der Waals surface area (Å²) >= 11 is 1.13. The van der Waals surface area contributed by atoms with Crippen molar-refractivity contribution in [3.05, 3.63) is 24.0 Å². The summed E-state index contributed by atoms with van der Waals surface area (Å²) in [7, 11) is 1.60. The van der Waals surface area contributed by atoms with Crippen molar-refractivity contribution in [3.63, 3.8) is 0 Å². The molecule has 0 aliphatic rings. The van der Waals surface area contributed by atoms with Gasteiger partial charge in [-0.15, -0.1) is 0 Å². The van der Waals surface area contributed by atoms with Gasteiger partial charge in [0.25, 0.3) is 0 Å². The van der Waals surface area contributed by atoms with Crippen molar-refractivity contribution in [2.45, 2.75) is 24.5 Å². The van der Waals surface area contributed by atoms with Crippen molar-refractivity contribution < 1.29 is 19.0 Å². The molecule has 0 spiro atoms. The minimum absolute atomic E-state index is 0.0157. The van der Waals surface area contributed by atoms with Gasteiger partial charge >= 0.3 is 5.97 Å². The molecule has 1 aromatic carbocycles. The molecule has 0 aliphatic carbocycles. The lowest BCUT2D eigenvalue weighted by Crippen LogP contribution is -2.15. The SMILES string of the molecule is CCC(COC)n1c(SCC(=O)O)nc2ccc(F)cc21. The van der Waals surface area contributed by atoms with Crippen LogP contribution >= 0.6 is 11.8 Å². The maximum Gasteiger partial charge on any atom is 0.313 e. The second-order valence-corrected chi connectivity index (χ2v) is 5.54. The predicted molar refractivity (Wildman–Crippen MR) is 79.3 cm³/mol. The Balaban J connectivity index is 2.51. The molecule has 0 bridgehead atoms. The minimum atomic E-state index is -0.912. The van der Waals surface area contributed by atoms with E-state index in [0.717, 1.165) is 18.2 Å². The molecule has 1 unspecified atom stereocenters. The van der Waals surface area contributed by atoms with Crippen LogP contribution in [0.3, 0.4) is 0 Å². The Labute approximate surface area is 126 Å². The van der Waals surface area contributed by atoms with Crippen LogP contribution in [-0.2, 0) is 9.53 Å². The number of methoxy groups -OCH3 is 1. The molecule has 0 radical (unpaired) electrons. The number of thioether (sulfide) groups is 1. The molecular weight excluding hydrogens is 295 g/mol. The van der Waals surface area contributed by atoms with Crippen LogP contribution in [0.1, 0.15) is 19.4 Å². The number of nitrogens with zero attached hydrogens (tertiary/aromatic N) is 2. The third-order valence-electron chi connectivity index (χ3n) is 3.14. The van der Waals surface area contributed by atoms with E-state index in [-0.39, 0.29) is 17.6 Å². The summed E-state index contributed by atoms with van der Waals surface area (Å²) in [4.78, 5) is 15.2. The highest BCUT2D eigenvalue weighted by Gasteiger charge is 2.19. The Kier molecular flexibility index (Phi) is 5.19. The zero-order valence-corrected chi connectivity index (χ0v) is 12.7.